The van der Waals surface area contributed by atoms with Crippen LogP contribution in [0.2, 0.25) is 0 Å². The van der Waals surface area contributed by atoms with Gasteiger partial charge in [0.05, 0.1) is 0 Å². The van der Waals surface area contributed by atoms with Crippen molar-refractivity contribution in [3.05, 3.63) is 29.8 Å². The molecule has 1 unspecified atom stereocenters. The maximum Gasteiger partial charge on any atom is 0.319 e. The summed E-state index contributed by atoms with van der Waals surface area (Å²) in [4.78, 5) is 11.8. The van der Waals surface area contributed by atoms with Crippen LogP contribution in [0.25, 0.3) is 0 Å². The van der Waals surface area contributed by atoms with Crippen LogP contribution in [0.15, 0.2) is 24.3 Å². The highest BCUT2D eigenvalue weighted by Crippen LogP contribution is 2.30. The number of hydrogen-bond donors (Lipinski definition) is 3. The van der Waals surface area contributed by atoms with Gasteiger partial charge in [0.15, 0.2) is 0 Å². The van der Waals surface area contributed by atoms with Crippen LogP contribution >= 0.6 is 0 Å². The summed E-state index contributed by atoms with van der Waals surface area (Å²) < 4.78 is 0. The predicted octanol–water partition coefficient (Wildman–Crippen LogP) is 2.77. The van der Waals surface area contributed by atoms with Gasteiger partial charge < -0.3 is 16.4 Å². The van der Waals surface area contributed by atoms with Gasteiger partial charge in [0.25, 0.3) is 0 Å². The second-order valence-electron chi connectivity index (χ2n) is 5.41. The minimum atomic E-state index is -0.140. The van der Waals surface area contributed by atoms with E-state index in [1.807, 2.05) is 31.2 Å². The van der Waals surface area contributed by atoms with Crippen molar-refractivity contribution in [2.75, 3.05) is 5.32 Å². The van der Waals surface area contributed by atoms with Gasteiger partial charge in [-0.15, -0.1) is 0 Å². The third-order valence-electron chi connectivity index (χ3n) is 3.54. The molecular formula is C14H21N3O. The van der Waals surface area contributed by atoms with Gasteiger partial charge in [-0.25, -0.2) is 4.79 Å². The van der Waals surface area contributed by atoms with Gasteiger partial charge in [0.1, 0.15) is 0 Å². The standard InChI is InChI=1S/C14H21N3O/c1-10(15)11-5-3-6-12(9-11)16-13(18)17-14(2)7-4-8-14/h3,5-6,9-10H,4,7-8,15H2,1-2H3,(H2,16,17,18). The van der Waals surface area contributed by atoms with Gasteiger partial charge >= 0.3 is 6.03 Å². The van der Waals surface area contributed by atoms with Crippen LogP contribution in [-0.4, -0.2) is 11.6 Å². The third-order valence-corrected chi connectivity index (χ3v) is 3.54. The Kier molecular flexibility index (Phi) is 3.57. The quantitative estimate of drug-likeness (QED) is 0.768. The number of urea groups is 1. The zero-order valence-electron chi connectivity index (χ0n) is 11.0. The number of amides is 2. The first kappa shape index (κ1) is 12.9. The van der Waals surface area contributed by atoms with Gasteiger partial charge in [0, 0.05) is 17.3 Å². The van der Waals surface area contributed by atoms with Crippen LogP contribution < -0.4 is 16.4 Å². The highest BCUT2D eigenvalue weighted by molar-refractivity contribution is 5.89. The van der Waals surface area contributed by atoms with Gasteiger partial charge in [0.2, 0.25) is 0 Å². The van der Waals surface area contributed by atoms with E-state index in [1.54, 1.807) is 0 Å². The van der Waals surface area contributed by atoms with Gasteiger partial charge in [-0.1, -0.05) is 12.1 Å². The van der Waals surface area contributed by atoms with E-state index in [4.69, 9.17) is 5.73 Å². The lowest BCUT2D eigenvalue weighted by molar-refractivity contribution is 0.200. The normalized spacial score (nSPS) is 18.6. The lowest BCUT2D eigenvalue weighted by Crippen LogP contribution is -2.52. The van der Waals surface area contributed by atoms with Crippen molar-refractivity contribution >= 4 is 11.7 Å². The van der Waals surface area contributed by atoms with Crippen molar-refractivity contribution in [1.29, 1.82) is 0 Å². The van der Waals surface area contributed by atoms with Gasteiger partial charge in [-0.2, -0.15) is 0 Å². The molecule has 0 bridgehead atoms. The molecule has 1 aliphatic rings. The minimum absolute atomic E-state index is 0.0249. The molecule has 1 saturated carbocycles. The van der Waals surface area contributed by atoms with Crippen LogP contribution in [-0.2, 0) is 0 Å². The Bertz CT molecular complexity index is 438. The van der Waals surface area contributed by atoms with Gasteiger partial charge in [-0.05, 0) is 50.8 Å². The fourth-order valence-electron chi connectivity index (χ4n) is 2.17. The van der Waals surface area contributed by atoms with E-state index in [1.165, 1.54) is 6.42 Å². The molecule has 2 rings (SSSR count). The summed E-state index contributed by atoms with van der Waals surface area (Å²) in [7, 11) is 0. The fourth-order valence-corrected chi connectivity index (χ4v) is 2.17. The van der Waals surface area contributed by atoms with Crippen molar-refractivity contribution in [1.82, 2.24) is 5.32 Å². The fraction of sp³-hybridized carbons (Fsp3) is 0.500. The largest absolute Gasteiger partial charge is 0.333 e. The summed E-state index contributed by atoms with van der Waals surface area (Å²) in [5, 5.41) is 5.86. The monoisotopic (exact) mass is 247 g/mol. The van der Waals surface area contributed by atoms with Crippen LogP contribution in [0, 0.1) is 0 Å². The average Bonchev–Trinajstić information content (AvgIpc) is 2.27. The molecule has 0 aromatic heterocycles. The Hall–Kier alpha value is -1.55. The number of benzene rings is 1. The molecule has 0 spiro atoms. The average molecular weight is 247 g/mol. The minimum Gasteiger partial charge on any atom is -0.333 e. The number of carbonyl (C=O) groups is 1. The Morgan fingerprint density at radius 1 is 1.44 bits per heavy atom. The molecule has 4 heteroatoms. The summed E-state index contributed by atoms with van der Waals surface area (Å²) in [6.07, 6.45) is 3.30. The zero-order chi connectivity index (χ0) is 13.2. The molecule has 0 radical (unpaired) electrons. The second kappa shape index (κ2) is 4.98. The molecule has 1 aromatic rings. The first-order valence-electron chi connectivity index (χ1n) is 6.43. The molecule has 4 N–H and O–H groups in total. The van der Waals surface area contributed by atoms with Crippen LogP contribution in [0.1, 0.15) is 44.7 Å². The van der Waals surface area contributed by atoms with E-state index in [9.17, 15) is 4.79 Å². The molecule has 0 saturated heterocycles. The maximum absolute atomic E-state index is 11.8. The predicted molar refractivity (Wildman–Crippen MR) is 73.5 cm³/mol. The van der Waals surface area contributed by atoms with Gasteiger partial charge in [-0.3, -0.25) is 0 Å². The lowest BCUT2D eigenvalue weighted by atomic mass is 9.79. The lowest BCUT2D eigenvalue weighted by Gasteiger charge is -2.39. The van der Waals surface area contributed by atoms with E-state index in [-0.39, 0.29) is 17.6 Å². The van der Waals surface area contributed by atoms with Crippen molar-refractivity contribution in [2.24, 2.45) is 5.73 Å². The number of nitrogens with one attached hydrogen (secondary N) is 2. The molecule has 4 nitrogen and oxygen atoms in total. The van der Waals surface area contributed by atoms with E-state index >= 15 is 0 Å². The number of carbonyl (C=O) groups excluding carboxylic acids is 1. The number of anilines is 1. The number of hydrogen-bond acceptors (Lipinski definition) is 2. The van der Waals surface area contributed by atoms with Crippen LogP contribution in [0.5, 0.6) is 0 Å². The Morgan fingerprint density at radius 3 is 2.72 bits per heavy atom. The van der Waals surface area contributed by atoms with Crippen molar-refractivity contribution in [3.63, 3.8) is 0 Å². The molecule has 0 heterocycles. The van der Waals surface area contributed by atoms with Crippen LogP contribution in [0.4, 0.5) is 10.5 Å². The number of rotatable bonds is 3. The first-order valence-corrected chi connectivity index (χ1v) is 6.43. The Labute approximate surface area is 108 Å². The molecule has 0 aliphatic heterocycles. The molecule has 2 amide bonds. The van der Waals surface area contributed by atoms with E-state index < -0.39 is 0 Å². The SMILES string of the molecule is CC(N)c1cccc(NC(=O)NC2(C)CCC2)c1. The highest BCUT2D eigenvalue weighted by Gasteiger charge is 2.33. The second-order valence-corrected chi connectivity index (χ2v) is 5.41. The Balaban J connectivity index is 1.96. The van der Waals surface area contributed by atoms with Crippen LogP contribution in [0.3, 0.4) is 0 Å². The zero-order valence-corrected chi connectivity index (χ0v) is 11.0. The molecule has 1 fully saturated rings. The summed E-state index contributed by atoms with van der Waals surface area (Å²) in [5.41, 5.74) is 7.59. The van der Waals surface area contributed by atoms with Crippen molar-refractivity contribution < 1.29 is 4.79 Å². The van der Waals surface area contributed by atoms with E-state index in [0.717, 1.165) is 24.1 Å². The molecule has 1 aromatic carbocycles. The molecule has 1 atom stereocenters. The summed E-state index contributed by atoms with van der Waals surface area (Å²) in [6.45, 7) is 4.00. The molecular weight excluding hydrogens is 226 g/mol. The maximum atomic E-state index is 11.8. The molecule has 98 valence electrons. The Morgan fingerprint density at radius 2 is 2.17 bits per heavy atom. The summed E-state index contributed by atoms with van der Waals surface area (Å²) >= 11 is 0. The first-order chi connectivity index (χ1) is 8.48. The van der Waals surface area contributed by atoms with Crippen molar-refractivity contribution in [3.8, 4) is 0 Å². The molecule has 1 aliphatic carbocycles. The summed E-state index contributed by atoms with van der Waals surface area (Å²) in [6, 6.07) is 7.47. The van der Waals surface area contributed by atoms with E-state index in [0.29, 0.717) is 0 Å². The summed E-state index contributed by atoms with van der Waals surface area (Å²) in [5.74, 6) is 0. The third kappa shape index (κ3) is 3.01. The number of nitrogens with two attached hydrogens (primary N) is 1. The van der Waals surface area contributed by atoms with Crippen molar-refractivity contribution in [2.45, 2.75) is 44.7 Å². The smallest absolute Gasteiger partial charge is 0.319 e. The van der Waals surface area contributed by atoms with E-state index in [2.05, 4.69) is 17.6 Å². The topological polar surface area (TPSA) is 67.1 Å². The highest BCUT2D eigenvalue weighted by atomic mass is 16.2. The molecule has 18 heavy (non-hydrogen) atoms.